The highest BCUT2D eigenvalue weighted by molar-refractivity contribution is 5.85. The van der Waals surface area contributed by atoms with Crippen molar-refractivity contribution in [3.63, 3.8) is 0 Å². The molecule has 2 N–H and O–H groups in total. The molecule has 4 rings (SSSR count). The molecule has 3 aromatic rings. The maximum atomic E-state index is 12.7. The molecule has 1 atom stereocenters. The highest BCUT2D eigenvalue weighted by atomic mass is 19.4. The lowest BCUT2D eigenvalue weighted by Gasteiger charge is -2.40. The number of alkyl halides is 3. The summed E-state index contributed by atoms with van der Waals surface area (Å²) in [4.78, 5) is 34.5. The summed E-state index contributed by atoms with van der Waals surface area (Å²) < 4.78 is 38.2. The van der Waals surface area contributed by atoms with E-state index in [0.29, 0.717) is 25.5 Å². The molecule has 0 saturated carbocycles. The van der Waals surface area contributed by atoms with E-state index >= 15 is 0 Å². The second-order valence-electron chi connectivity index (χ2n) is 7.76. The molecule has 0 radical (unpaired) electrons. The Labute approximate surface area is 195 Å². The number of fused-ring (bicyclic) bond motifs is 1. The van der Waals surface area contributed by atoms with Crippen molar-refractivity contribution in [3.8, 4) is 0 Å². The molecule has 2 aromatic heterocycles. The Bertz CT molecular complexity index is 1180. The Morgan fingerprint density at radius 3 is 2.56 bits per heavy atom. The number of rotatable bonds is 4. The van der Waals surface area contributed by atoms with Gasteiger partial charge < -0.3 is 20.1 Å². The molecule has 3 heterocycles. The lowest BCUT2D eigenvalue weighted by molar-refractivity contribution is -0.138. The van der Waals surface area contributed by atoms with Crippen molar-refractivity contribution >= 4 is 28.3 Å². The first-order chi connectivity index (χ1) is 16.2. The molecule has 1 aliphatic rings. The van der Waals surface area contributed by atoms with Gasteiger partial charge in [0.1, 0.15) is 5.82 Å². The van der Waals surface area contributed by atoms with E-state index in [2.05, 4.69) is 15.3 Å². The molecule has 1 saturated heterocycles. The van der Waals surface area contributed by atoms with Crippen LogP contribution in [0.3, 0.4) is 0 Å². The lowest BCUT2D eigenvalue weighted by Crippen LogP contribution is -2.55. The van der Waals surface area contributed by atoms with Crippen LogP contribution in [0, 0.1) is 0 Å². The van der Waals surface area contributed by atoms with Crippen LogP contribution in [0.4, 0.5) is 24.7 Å². The number of benzene rings is 1. The molecular weight excluding hydrogens is 447 g/mol. The van der Waals surface area contributed by atoms with Gasteiger partial charge in [0, 0.05) is 54.5 Å². The van der Waals surface area contributed by atoms with E-state index < -0.39 is 11.7 Å². The number of hydrogen-bond acceptors (Lipinski definition) is 5. The van der Waals surface area contributed by atoms with Crippen molar-refractivity contribution in [2.75, 3.05) is 36.4 Å². The molecule has 7 nitrogen and oxygen atoms in total. The second kappa shape index (κ2) is 10.6. The fraction of sp³-hybridized carbons (Fsp3) is 0.375. The normalized spacial score (nSPS) is 16.1. The average molecular weight is 476 g/mol. The Balaban J connectivity index is 0.00000158. The fourth-order valence-electron chi connectivity index (χ4n) is 3.82. The largest absolute Gasteiger partial charge is 0.417 e. The van der Waals surface area contributed by atoms with Crippen LogP contribution < -0.4 is 15.8 Å². The van der Waals surface area contributed by atoms with Gasteiger partial charge in [-0.05, 0) is 43.3 Å². The smallest absolute Gasteiger partial charge is 0.376 e. The molecule has 10 heteroatoms. The van der Waals surface area contributed by atoms with Gasteiger partial charge in [-0.25, -0.2) is 4.98 Å². The third-order valence-corrected chi connectivity index (χ3v) is 5.51. The lowest BCUT2D eigenvalue weighted by atomic mass is 10.1. The van der Waals surface area contributed by atoms with Crippen molar-refractivity contribution < 1.29 is 18.0 Å². The van der Waals surface area contributed by atoms with Crippen molar-refractivity contribution in [2.45, 2.75) is 33.0 Å². The van der Waals surface area contributed by atoms with Crippen LogP contribution in [0.1, 0.15) is 26.3 Å². The van der Waals surface area contributed by atoms with Crippen LogP contribution in [0.5, 0.6) is 0 Å². The number of nitrogens with zero attached hydrogens (tertiary/aromatic N) is 3. The van der Waals surface area contributed by atoms with Gasteiger partial charge >= 0.3 is 6.18 Å². The van der Waals surface area contributed by atoms with Gasteiger partial charge in [-0.2, -0.15) is 13.2 Å². The Kier molecular flexibility index (Phi) is 7.80. The third-order valence-electron chi connectivity index (χ3n) is 5.51. The fourth-order valence-corrected chi connectivity index (χ4v) is 3.82. The minimum atomic E-state index is -4.42. The first kappa shape index (κ1) is 25.1. The summed E-state index contributed by atoms with van der Waals surface area (Å²) in [5.41, 5.74) is 0.524. The Morgan fingerprint density at radius 2 is 1.91 bits per heavy atom. The number of anilines is 2. The number of nitrogens with one attached hydrogen (secondary N) is 2. The van der Waals surface area contributed by atoms with E-state index in [1.54, 1.807) is 23.1 Å². The van der Waals surface area contributed by atoms with E-state index in [0.717, 1.165) is 28.9 Å². The Hall–Kier alpha value is -3.56. The van der Waals surface area contributed by atoms with E-state index in [-0.39, 0.29) is 24.1 Å². The molecule has 0 spiro atoms. The van der Waals surface area contributed by atoms with Gasteiger partial charge in [0.15, 0.2) is 0 Å². The zero-order valence-electron chi connectivity index (χ0n) is 19.3. The van der Waals surface area contributed by atoms with Crippen LogP contribution in [0.25, 0.3) is 10.9 Å². The predicted octanol–water partition coefficient (Wildman–Crippen LogP) is 4.12. The molecule has 1 aliphatic heterocycles. The molecule has 1 unspecified atom stereocenters. The average Bonchev–Trinajstić information content (AvgIpc) is 2.83. The number of carbonyl (C=O) groups is 1. The van der Waals surface area contributed by atoms with Crippen molar-refractivity contribution in [3.05, 3.63) is 64.6 Å². The molecular formula is C24H28F3N5O2. The molecule has 1 aromatic carbocycles. The molecule has 1 fully saturated rings. The molecule has 1 amide bonds. The summed E-state index contributed by atoms with van der Waals surface area (Å²) in [6, 6.07) is 10.9. The number of piperazine rings is 1. The third kappa shape index (κ3) is 5.86. The van der Waals surface area contributed by atoms with Gasteiger partial charge in [0.25, 0.3) is 0 Å². The van der Waals surface area contributed by atoms with Crippen LogP contribution in [0.15, 0.2) is 53.5 Å². The highest BCUT2D eigenvalue weighted by Gasteiger charge is 2.32. The second-order valence-corrected chi connectivity index (χ2v) is 7.76. The number of halogens is 3. The van der Waals surface area contributed by atoms with Crippen LogP contribution >= 0.6 is 0 Å². The molecule has 34 heavy (non-hydrogen) atoms. The Morgan fingerprint density at radius 1 is 1.15 bits per heavy atom. The van der Waals surface area contributed by atoms with E-state index in [9.17, 15) is 22.8 Å². The molecule has 182 valence electrons. The number of H-pyrrole nitrogens is 1. The van der Waals surface area contributed by atoms with Crippen molar-refractivity contribution in [2.24, 2.45) is 0 Å². The number of aromatic amines is 1. The number of carbonyl (C=O) groups excluding carboxylic acids is 1. The van der Waals surface area contributed by atoms with Crippen LogP contribution in [-0.2, 0) is 11.0 Å². The van der Waals surface area contributed by atoms with E-state index in [1.165, 1.54) is 12.1 Å². The van der Waals surface area contributed by atoms with Gasteiger partial charge in [0.2, 0.25) is 11.5 Å². The first-order valence-corrected chi connectivity index (χ1v) is 11.2. The van der Waals surface area contributed by atoms with E-state index in [4.69, 9.17) is 0 Å². The quantitative estimate of drug-likeness (QED) is 0.594. The summed E-state index contributed by atoms with van der Waals surface area (Å²) in [6.45, 7) is 7.42. The van der Waals surface area contributed by atoms with Crippen molar-refractivity contribution in [1.29, 1.82) is 0 Å². The predicted molar refractivity (Wildman–Crippen MR) is 127 cm³/mol. The van der Waals surface area contributed by atoms with Crippen molar-refractivity contribution in [1.82, 2.24) is 14.9 Å². The van der Waals surface area contributed by atoms with Gasteiger partial charge in [0.05, 0.1) is 12.1 Å². The molecule has 0 aliphatic carbocycles. The minimum absolute atomic E-state index is 0.0703. The summed E-state index contributed by atoms with van der Waals surface area (Å²) in [5.74, 6) is 0.392. The minimum Gasteiger partial charge on any atom is -0.376 e. The zero-order chi connectivity index (χ0) is 24.9. The van der Waals surface area contributed by atoms with Gasteiger partial charge in [-0.15, -0.1) is 0 Å². The number of pyridine rings is 2. The summed E-state index contributed by atoms with van der Waals surface area (Å²) in [7, 11) is 0. The summed E-state index contributed by atoms with van der Waals surface area (Å²) in [6.07, 6.45) is -3.58. The summed E-state index contributed by atoms with van der Waals surface area (Å²) >= 11 is 0. The molecule has 0 bridgehead atoms. The first-order valence-electron chi connectivity index (χ1n) is 11.2. The zero-order valence-corrected chi connectivity index (χ0v) is 19.3. The van der Waals surface area contributed by atoms with Crippen LogP contribution in [0.2, 0.25) is 0 Å². The van der Waals surface area contributed by atoms with E-state index in [1.807, 2.05) is 31.7 Å². The number of aromatic nitrogens is 2. The highest BCUT2D eigenvalue weighted by Crippen LogP contribution is 2.29. The standard InChI is InChI=1S/C22H22F3N5O2.C2H6/c1-14-13-29(19-6-3-16(11-27-19)22(23,24)25)8-9-30(14)21(32)12-26-17-4-5-18-15(10-17)2-7-20(31)28-18;1-2/h2-7,10-11,14,26H,8-9,12-13H2,1H3,(H,28,31);1-2H3. The summed E-state index contributed by atoms with van der Waals surface area (Å²) in [5, 5.41) is 3.97. The van der Waals surface area contributed by atoms with Gasteiger partial charge in [-0.3, -0.25) is 9.59 Å². The van der Waals surface area contributed by atoms with Crippen LogP contribution in [-0.4, -0.2) is 53.0 Å². The number of hydrogen-bond donors (Lipinski definition) is 2. The SMILES string of the molecule is CC.CC1CN(c2ccc(C(F)(F)F)cn2)CCN1C(=O)CNc1ccc2[nH]c(=O)ccc2c1. The monoisotopic (exact) mass is 475 g/mol. The maximum Gasteiger partial charge on any atom is 0.417 e. The maximum absolute atomic E-state index is 12.7. The number of amides is 1. The van der Waals surface area contributed by atoms with Gasteiger partial charge in [-0.1, -0.05) is 13.8 Å². The topological polar surface area (TPSA) is 81.3 Å².